The largest absolute Gasteiger partial charge is 0.384 e. The van der Waals surface area contributed by atoms with Crippen LogP contribution in [0.4, 0.5) is 0 Å². The number of carbonyl (C=O) groups is 1. The molecule has 3 aliphatic heterocycles. The molecule has 0 aromatic heterocycles. The minimum atomic E-state index is -3.37. The van der Waals surface area contributed by atoms with E-state index in [9.17, 15) is 13.2 Å². The summed E-state index contributed by atoms with van der Waals surface area (Å²) < 4.78 is 31.9. The molecule has 7 nitrogen and oxygen atoms in total. The predicted molar refractivity (Wildman–Crippen MR) is 86.3 cm³/mol. The van der Waals surface area contributed by atoms with Gasteiger partial charge in [-0.1, -0.05) is 0 Å². The van der Waals surface area contributed by atoms with Crippen LogP contribution in [0.3, 0.4) is 0 Å². The molecule has 0 aromatic rings. The van der Waals surface area contributed by atoms with Crippen LogP contribution in [0, 0.1) is 5.92 Å². The molecular weight excluding hydrogens is 318 g/mol. The smallest absolute Gasteiger partial charge is 0.256 e. The topological polar surface area (TPSA) is 79.3 Å². The van der Waals surface area contributed by atoms with Crippen molar-refractivity contribution in [2.45, 2.75) is 12.8 Å². The van der Waals surface area contributed by atoms with Crippen LogP contribution in [0.25, 0.3) is 0 Å². The summed E-state index contributed by atoms with van der Waals surface area (Å²) in [4.78, 5) is 16.3. The van der Waals surface area contributed by atoms with Crippen molar-refractivity contribution in [2.75, 3.05) is 39.1 Å². The fourth-order valence-electron chi connectivity index (χ4n) is 3.13. The Hall–Kier alpha value is -1.67. The average molecular weight is 339 g/mol. The molecule has 3 heterocycles. The van der Waals surface area contributed by atoms with Gasteiger partial charge in [0.05, 0.1) is 17.9 Å². The van der Waals surface area contributed by atoms with Crippen molar-refractivity contribution in [2.24, 2.45) is 10.3 Å². The van der Waals surface area contributed by atoms with Crippen molar-refractivity contribution < 1.29 is 17.9 Å². The van der Waals surface area contributed by atoms with Gasteiger partial charge in [-0.15, -0.1) is 4.40 Å². The zero-order chi connectivity index (χ0) is 16.4. The van der Waals surface area contributed by atoms with Crippen LogP contribution in [0.1, 0.15) is 12.8 Å². The van der Waals surface area contributed by atoms with Crippen molar-refractivity contribution in [3.8, 4) is 0 Å². The van der Waals surface area contributed by atoms with Crippen LogP contribution in [0.5, 0.6) is 0 Å². The lowest BCUT2D eigenvalue weighted by Gasteiger charge is -2.34. The number of sulfonamides is 1. The number of likely N-dealkylation sites (tertiary alicyclic amines) is 1. The molecule has 0 unspecified atom stereocenters. The van der Waals surface area contributed by atoms with Crippen LogP contribution >= 0.6 is 0 Å². The van der Waals surface area contributed by atoms with E-state index >= 15 is 0 Å². The molecule has 8 heteroatoms. The molecule has 1 amide bonds. The Labute approximate surface area is 136 Å². The van der Waals surface area contributed by atoms with E-state index in [1.165, 1.54) is 0 Å². The molecule has 23 heavy (non-hydrogen) atoms. The number of amidine groups is 1. The number of nitrogens with zero attached hydrogens (tertiary/aromatic N) is 3. The highest BCUT2D eigenvalue weighted by Crippen LogP contribution is 2.21. The molecule has 0 bridgehead atoms. The van der Waals surface area contributed by atoms with Gasteiger partial charge in [0, 0.05) is 32.9 Å². The van der Waals surface area contributed by atoms with E-state index in [4.69, 9.17) is 4.74 Å². The molecule has 0 N–H and O–H groups in total. The number of hydrogen-bond donors (Lipinski definition) is 0. The molecule has 0 aliphatic carbocycles. The summed E-state index contributed by atoms with van der Waals surface area (Å²) in [6, 6.07) is 0. The van der Waals surface area contributed by atoms with Crippen molar-refractivity contribution in [1.29, 1.82) is 0 Å². The van der Waals surface area contributed by atoms with Crippen molar-refractivity contribution in [3.63, 3.8) is 0 Å². The first kappa shape index (κ1) is 16.2. The second-order valence-electron chi connectivity index (χ2n) is 6.06. The Morgan fingerprint density at radius 3 is 3.00 bits per heavy atom. The Bertz CT molecular complexity index is 679. The highest BCUT2D eigenvalue weighted by atomic mass is 32.2. The van der Waals surface area contributed by atoms with Crippen LogP contribution in [-0.4, -0.2) is 69.1 Å². The van der Waals surface area contributed by atoms with E-state index in [0.29, 0.717) is 37.0 Å². The molecule has 0 aromatic carbocycles. The number of hydrogen-bond acceptors (Lipinski definition) is 5. The van der Waals surface area contributed by atoms with Gasteiger partial charge < -0.3 is 14.5 Å². The fourth-order valence-corrected chi connectivity index (χ4v) is 4.10. The number of ether oxygens (including phenoxy) is 1. The first-order valence-electron chi connectivity index (χ1n) is 7.76. The van der Waals surface area contributed by atoms with Crippen LogP contribution < -0.4 is 0 Å². The summed E-state index contributed by atoms with van der Waals surface area (Å²) in [5.41, 5.74) is 0.571. The number of rotatable bonds is 3. The average Bonchev–Trinajstić information content (AvgIpc) is 2.53. The Morgan fingerprint density at radius 1 is 1.39 bits per heavy atom. The molecule has 0 saturated carbocycles. The van der Waals surface area contributed by atoms with Gasteiger partial charge in [-0.2, -0.15) is 0 Å². The van der Waals surface area contributed by atoms with E-state index in [-0.39, 0.29) is 11.7 Å². The van der Waals surface area contributed by atoms with E-state index < -0.39 is 10.0 Å². The minimum absolute atomic E-state index is 0.0190. The minimum Gasteiger partial charge on any atom is -0.384 e. The van der Waals surface area contributed by atoms with Gasteiger partial charge in [0.25, 0.3) is 15.9 Å². The highest BCUT2D eigenvalue weighted by molar-refractivity contribution is 7.90. The second kappa shape index (κ2) is 6.45. The van der Waals surface area contributed by atoms with E-state index in [1.54, 1.807) is 30.4 Å². The second-order valence-corrected chi connectivity index (χ2v) is 7.82. The van der Waals surface area contributed by atoms with Crippen LogP contribution in [0.2, 0.25) is 0 Å². The molecule has 0 radical (unpaired) electrons. The molecular formula is C15H21N3O4S. The third-order valence-electron chi connectivity index (χ3n) is 4.28. The van der Waals surface area contributed by atoms with E-state index in [0.717, 1.165) is 19.4 Å². The number of piperidine rings is 1. The molecule has 3 rings (SSSR count). The quantitative estimate of drug-likeness (QED) is 0.742. The number of fused-ring (bicyclic) bond motifs is 1. The van der Waals surface area contributed by atoms with Gasteiger partial charge in [0.15, 0.2) is 0 Å². The zero-order valence-electron chi connectivity index (χ0n) is 13.1. The molecule has 1 fully saturated rings. The lowest BCUT2D eigenvalue weighted by molar-refractivity contribution is -0.129. The number of amides is 1. The Kier molecular flexibility index (Phi) is 4.54. The molecule has 0 spiro atoms. The maximum absolute atomic E-state index is 12.7. The van der Waals surface area contributed by atoms with Crippen LogP contribution in [0.15, 0.2) is 28.3 Å². The Balaban J connectivity index is 1.72. The SMILES string of the molecule is COC[C@@H]1CCCN(C(=O)C2=CN3CCS(=O)(=O)N=C3C=C2)C1. The molecule has 3 aliphatic rings. The summed E-state index contributed by atoms with van der Waals surface area (Å²) in [7, 11) is -1.69. The molecule has 1 saturated heterocycles. The van der Waals surface area contributed by atoms with Crippen molar-refractivity contribution in [1.82, 2.24) is 9.80 Å². The lowest BCUT2D eigenvalue weighted by atomic mass is 9.98. The van der Waals surface area contributed by atoms with Gasteiger partial charge in [-0.3, -0.25) is 4.79 Å². The summed E-state index contributed by atoms with van der Waals surface area (Å²) in [5, 5.41) is 0. The standard InChI is InChI=1S/C15H21N3O4S/c1-22-11-12-3-2-6-18(9-12)15(19)13-4-5-14-16-23(20,21)8-7-17(14)10-13/h4-5,10,12H,2-3,6-9,11H2,1H3/t12-/m1/s1. The number of methoxy groups -OCH3 is 1. The molecule has 1 atom stereocenters. The maximum Gasteiger partial charge on any atom is 0.256 e. The highest BCUT2D eigenvalue weighted by Gasteiger charge is 2.29. The number of carbonyl (C=O) groups excluding carboxylic acids is 1. The van der Waals surface area contributed by atoms with Gasteiger partial charge >= 0.3 is 0 Å². The van der Waals surface area contributed by atoms with E-state index in [2.05, 4.69) is 4.40 Å². The van der Waals surface area contributed by atoms with Gasteiger partial charge in [-0.05, 0) is 30.9 Å². The summed E-state index contributed by atoms with van der Waals surface area (Å²) in [6.45, 7) is 2.45. The van der Waals surface area contributed by atoms with Gasteiger partial charge in [0.2, 0.25) is 0 Å². The maximum atomic E-state index is 12.7. The molecule has 126 valence electrons. The first-order chi connectivity index (χ1) is 11.0. The lowest BCUT2D eigenvalue weighted by Crippen LogP contribution is -2.43. The van der Waals surface area contributed by atoms with Gasteiger partial charge in [-0.25, -0.2) is 8.42 Å². The zero-order valence-corrected chi connectivity index (χ0v) is 14.0. The van der Waals surface area contributed by atoms with Crippen LogP contribution in [-0.2, 0) is 19.6 Å². The predicted octanol–water partition coefficient (Wildman–Crippen LogP) is 0.369. The third kappa shape index (κ3) is 3.64. The van der Waals surface area contributed by atoms with Crippen molar-refractivity contribution >= 4 is 21.8 Å². The van der Waals surface area contributed by atoms with Crippen molar-refractivity contribution in [3.05, 3.63) is 23.9 Å². The van der Waals surface area contributed by atoms with E-state index in [1.807, 2.05) is 4.90 Å². The summed E-state index contributed by atoms with van der Waals surface area (Å²) in [6.07, 6.45) is 7.01. The third-order valence-corrected chi connectivity index (χ3v) is 5.44. The first-order valence-corrected chi connectivity index (χ1v) is 9.37. The normalized spacial score (nSPS) is 26.4. The monoisotopic (exact) mass is 339 g/mol. The van der Waals surface area contributed by atoms with Gasteiger partial charge in [0.1, 0.15) is 5.84 Å². The summed E-state index contributed by atoms with van der Waals surface area (Å²) in [5.74, 6) is 0.712. The summed E-state index contributed by atoms with van der Waals surface area (Å²) >= 11 is 0. The Morgan fingerprint density at radius 2 is 2.22 bits per heavy atom. The fraction of sp³-hybridized carbons (Fsp3) is 0.600.